The molecule has 0 aliphatic rings. The van der Waals surface area contributed by atoms with E-state index in [4.69, 9.17) is 5.73 Å². The third-order valence-electron chi connectivity index (χ3n) is 2.51. The van der Waals surface area contributed by atoms with Gasteiger partial charge in [0.05, 0.1) is 0 Å². The first-order chi connectivity index (χ1) is 7.70. The van der Waals surface area contributed by atoms with Crippen molar-refractivity contribution in [1.29, 1.82) is 0 Å². The summed E-state index contributed by atoms with van der Waals surface area (Å²) in [6.07, 6.45) is 3.19. The molecule has 1 heterocycles. The van der Waals surface area contributed by atoms with Crippen molar-refractivity contribution in [1.82, 2.24) is 4.98 Å². The van der Waals surface area contributed by atoms with E-state index in [2.05, 4.69) is 4.98 Å². The molecule has 1 aromatic carbocycles. The number of nitrogens with two attached hydrogens (primary N) is 1. The Morgan fingerprint density at radius 1 is 1.19 bits per heavy atom. The second-order valence-electron chi connectivity index (χ2n) is 3.60. The summed E-state index contributed by atoms with van der Waals surface area (Å²) < 4.78 is 0. The van der Waals surface area contributed by atoms with Crippen molar-refractivity contribution >= 4 is 11.5 Å². The predicted molar refractivity (Wildman–Crippen MR) is 63.3 cm³/mol. The van der Waals surface area contributed by atoms with E-state index in [0.717, 1.165) is 5.56 Å². The number of carbonyl (C=O) groups is 1. The maximum Gasteiger partial charge on any atom is 0.195 e. The summed E-state index contributed by atoms with van der Waals surface area (Å²) in [6.45, 7) is 1.89. The number of rotatable bonds is 2. The van der Waals surface area contributed by atoms with Gasteiger partial charge in [-0.25, -0.2) is 0 Å². The highest BCUT2D eigenvalue weighted by Gasteiger charge is 2.12. The number of aryl methyl sites for hydroxylation is 1. The number of hydrogen-bond acceptors (Lipinski definition) is 3. The molecule has 1 aromatic heterocycles. The summed E-state index contributed by atoms with van der Waals surface area (Å²) >= 11 is 0. The molecule has 0 saturated heterocycles. The third-order valence-corrected chi connectivity index (χ3v) is 2.51. The Morgan fingerprint density at radius 3 is 2.56 bits per heavy atom. The van der Waals surface area contributed by atoms with Gasteiger partial charge in [0.2, 0.25) is 0 Å². The maximum atomic E-state index is 12.1. The van der Waals surface area contributed by atoms with Crippen LogP contribution in [0.5, 0.6) is 0 Å². The number of aromatic nitrogens is 1. The number of anilines is 1. The lowest BCUT2D eigenvalue weighted by Crippen LogP contribution is -2.06. The summed E-state index contributed by atoms with van der Waals surface area (Å²) in [5.41, 5.74) is 8.50. The van der Waals surface area contributed by atoms with E-state index in [1.165, 1.54) is 0 Å². The van der Waals surface area contributed by atoms with Gasteiger partial charge in [-0.3, -0.25) is 9.78 Å². The molecule has 0 atom stereocenters. The molecule has 0 unspecified atom stereocenters. The van der Waals surface area contributed by atoms with Gasteiger partial charge < -0.3 is 5.73 Å². The molecule has 2 aromatic rings. The molecule has 0 aliphatic heterocycles. The van der Waals surface area contributed by atoms with Crippen molar-refractivity contribution < 1.29 is 4.79 Å². The second-order valence-corrected chi connectivity index (χ2v) is 3.60. The van der Waals surface area contributed by atoms with Crippen LogP contribution in [0.1, 0.15) is 21.5 Å². The number of carbonyl (C=O) groups excluding carboxylic acids is 1. The fourth-order valence-electron chi connectivity index (χ4n) is 1.54. The molecule has 2 rings (SSSR count). The van der Waals surface area contributed by atoms with Crippen LogP contribution in [0.3, 0.4) is 0 Å². The van der Waals surface area contributed by atoms with Crippen LogP contribution in [0, 0.1) is 6.92 Å². The van der Waals surface area contributed by atoms with Crippen LogP contribution in [0.15, 0.2) is 42.7 Å². The molecule has 0 spiro atoms. The first-order valence-electron chi connectivity index (χ1n) is 5.00. The Bertz CT molecular complexity index is 521. The first-order valence-corrected chi connectivity index (χ1v) is 5.00. The Kier molecular flexibility index (Phi) is 2.68. The Balaban J connectivity index is 2.46. The zero-order chi connectivity index (χ0) is 11.5. The first kappa shape index (κ1) is 10.4. The average Bonchev–Trinajstić information content (AvgIpc) is 2.33. The van der Waals surface area contributed by atoms with E-state index in [-0.39, 0.29) is 5.78 Å². The van der Waals surface area contributed by atoms with Crippen LogP contribution in [0.2, 0.25) is 0 Å². The quantitative estimate of drug-likeness (QED) is 0.613. The average molecular weight is 212 g/mol. The number of hydrogen-bond donors (Lipinski definition) is 1. The highest BCUT2D eigenvalue weighted by Crippen LogP contribution is 2.19. The highest BCUT2D eigenvalue weighted by molar-refractivity contribution is 6.12. The fourth-order valence-corrected chi connectivity index (χ4v) is 1.54. The minimum atomic E-state index is -0.0661. The maximum absolute atomic E-state index is 12.1. The van der Waals surface area contributed by atoms with Gasteiger partial charge >= 0.3 is 0 Å². The van der Waals surface area contributed by atoms with Crippen LogP contribution >= 0.6 is 0 Å². The number of benzene rings is 1. The van der Waals surface area contributed by atoms with Crippen molar-refractivity contribution in [3.63, 3.8) is 0 Å². The van der Waals surface area contributed by atoms with Crippen molar-refractivity contribution in [2.45, 2.75) is 6.92 Å². The van der Waals surface area contributed by atoms with Crippen LogP contribution in [0.25, 0.3) is 0 Å². The monoisotopic (exact) mass is 212 g/mol. The largest absolute Gasteiger partial charge is 0.398 e. The Morgan fingerprint density at radius 2 is 1.88 bits per heavy atom. The number of ketones is 1. The summed E-state index contributed by atoms with van der Waals surface area (Å²) in [4.78, 5) is 16.0. The van der Waals surface area contributed by atoms with E-state index in [9.17, 15) is 4.79 Å². The lowest BCUT2D eigenvalue weighted by Gasteiger charge is -2.06. The Hall–Kier alpha value is -2.16. The standard InChI is InChI=1S/C13H12N2O/c1-9-3-2-4-11(12(9)14)13(16)10-5-7-15-8-6-10/h2-8H,14H2,1H3. The molecule has 0 aliphatic carbocycles. The smallest absolute Gasteiger partial charge is 0.195 e. The second kappa shape index (κ2) is 4.14. The summed E-state index contributed by atoms with van der Waals surface area (Å²) in [6, 6.07) is 8.83. The Labute approximate surface area is 93.9 Å². The van der Waals surface area contributed by atoms with E-state index >= 15 is 0 Å². The van der Waals surface area contributed by atoms with Crippen molar-refractivity contribution in [3.05, 3.63) is 59.4 Å². The molecule has 0 amide bonds. The lowest BCUT2D eigenvalue weighted by molar-refractivity contribution is 0.103. The zero-order valence-corrected chi connectivity index (χ0v) is 8.97. The minimum Gasteiger partial charge on any atom is -0.398 e. The van der Waals surface area contributed by atoms with Gasteiger partial charge in [0.25, 0.3) is 0 Å². The molecular formula is C13H12N2O. The number of para-hydroxylation sites is 1. The van der Waals surface area contributed by atoms with Crippen molar-refractivity contribution in [2.75, 3.05) is 5.73 Å². The molecular weight excluding hydrogens is 200 g/mol. The van der Waals surface area contributed by atoms with Gasteiger partial charge in [-0.15, -0.1) is 0 Å². The summed E-state index contributed by atoms with van der Waals surface area (Å²) in [7, 11) is 0. The molecule has 80 valence electrons. The van der Waals surface area contributed by atoms with Crippen LogP contribution in [-0.4, -0.2) is 10.8 Å². The van der Waals surface area contributed by atoms with E-state index in [1.54, 1.807) is 30.6 Å². The fraction of sp³-hybridized carbons (Fsp3) is 0.0769. The minimum absolute atomic E-state index is 0.0661. The summed E-state index contributed by atoms with van der Waals surface area (Å²) in [5.74, 6) is -0.0661. The SMILES string of the molecule is Cc1cccc(C(=O)c2ccncc2)c1N. The van der Waals surface area contributed by atoms with Crippen molar-refractivity contribution in [2.24, 2.45) is 0 Å². The molecule has 2 N–H and O–H groups in total. The van der Waals surface area contributed by atoms with Crippen LogP contribution < -0.4 is 5.73 Å². The number of pyridine rings is 1. The normalized spacial score (nSPS) is 10.1. The van der Waals surface area contributed by atoms with Crippen LogP contribution in [0.4, 0.5) is 5.69 Å². The summed E-state index contributed by atoms with van der Waals surface area (Å²) in [5, 5.41) is 0. The molecule has 0 radical (unpaired) electrons. The number of nitrogen functional groups attached to an aromatic ring is 1. The number of nitrogens with zero attached hydrogens (tertiary/aromatic N) is 1. The molecule has 3 nitrogen and oxygen atoms in total. The van der Waals surface area contributed by atoms with Gasteiger partial charge in [-0.05, 0) is 30.7 Å². The van der Waals surface area contributed by atoms with E-state index in [1.807, 2.05) is 19.1 Å². The van der Waals surface area contributed by atoms with Gasteiger partial charge in [-0.1, -0.05) is 12.1 Å². The molecule has 0 fully saturated rings. The van der Waals surface area contributed by atoms with Crippen molar-refractivity contribution in [3.8, 4) is 0 Å². The van der Waals surface area contributed by atoms with Crippen LogP contribution in [-0.2, 0) is 0 Å². The highest BCUT2D eigenvalue weighted by atomic mass is 16.1. The van der Waals surface area contributed by atoms with Gasteiger partial charge in [0, 0.05) is 29.2 Å². The molecule has 3 heteroatoms. The van der Waals surface area contributed by atoms with Gasteiger partial charge in [0.1, 0.15) is 0 Å². The third kappa shape index (κ3) is 1.80. The van der Waals surface area contributed by atoms with E-state index < -0.39 is 0 Å². The molecule has 0 bridgehead atoms. The zero-order valence-electron chi connectivity index (χ0n) is 8.97. The topological polar surface area (TPSA) is 56.0 Å². The van der Waals surface area contributed by atoms with E-state index in [0.29, 0.717) is 16.8 Å². The van der Waals surface area contributed by atoms with Gasteiger partial charge in [0.15, 0.2) is 5.78 Å². The van der Waals surface area contributed by atoms with Gasteiger partial charge in [-0.2, -0.15) is 0 Å². The molecule has 16 heavy (non-hydrogen) atoms. The lowest BCUT2D eigenvalue weighted by atomic mass is 10.0. The predicted octanol–water partition coefficient (Wildman–Crippen LogP) is 2.20. The molecule has 0 saturated carbocycles.